The number of benzene rings is 4. The highest BCUT2D eigenvalue weighted by molar-refractivity contribution is 5.85. The van der Waals surface area contributed by atoms with Gasteiger partial charge in [-0.1, -0.05) is 97.1 Å². The van der Waals surface area contributed by atoms with E-state index in [1.165, 1.54) is 0 Å². The Kier molecular flexibility index (Phi) is 7.57. The Morgan fingerprint density at radius 3 is 1.54 bits per heavy atom. The fourth-order valence-corrected chi connectivity index (χ4v) is 7.90. The second-order valence-electron chi connectivity index (χ2n) is 12.7. The fourth-order valence-electron chi connectivity index (χ4n) is 7.90. The lowest BCUT2D eigenvalue weighted by Gasteiger charge is -2.41. The molecule has 10 heteroatoms. The molecule has 0 fully saturated rings. The van der Waals surface area contributed by atoms with Crippen LogP contribution in [0, 0.1) is 45.3 Å². The highest BCUT2D eigenvalue weighted by Crippen LogP contribution is 2.60. The molecule has 8 rings (SSSR count). The topological polar surface area (TPSA) is 173 Å². The highest BCUT2D eigenvalue weighted by Gasteiger charge is 2.57. The number of fused-ring (bicyclic) bond motifs is 6. The zero-order valence-electron chi connectivity index (χ0n) is 27.4. The van der Waals surface area contributed by atoms with Gasteiger partial charge in [0.15, 0.2) is 22.8 Å². The number of esters is 1. The predicted octanol–water partition coefficient (Wildman–Crippen LogP) is 6.62. The van der Waals surface area contributed by atoms with E-state index in [4.69, 9.17) is 19.7 Å². The van der Waals surface area contributed by atoms with Crippen molar-refractivity contribution in [1.29, 1.82) is 21.0 Å². The van der Waals surface area contributed by atoms with Gasteiger partial charge in [0.05, 0.1) is 34.6 Å². The summed E-state index contributed by atoms with van der Waals surface area (Å²) in [6, 6.07) is 41.9. The predicted molar refractivity (Wildman–Crippen MR) is 187 cm³/mol. The van der Waals surface area contributed by atoms with E-state index < -0.39 is 16.8 Å². The molecule has 6 aromatic rings. The number of ether oxygens (including phenoxy) is 1. The van der Waals surface area contributed by atoms with Gasteiger partial charge in [-0.2, -0.15) is 21.0 Å². The summed E-state index contributed by atoms with van der Waals surface area (Å²) in [6.45, 7) is 0. The van der Waals surface area contributed by atoms with Crippen LogP contribution >= 0.6 is 0 Å². The van der Waals surface area contributed by atoms with Gasteiger partial charge in [0, 0.05) is 16.5 Å². The molecule has 0 saturated heterocycles. The molecule has 244 valence electrons. The number of nitriles is 4. The third-order valence-electron chi connectivity index (χ3n) is 9.89. The maximum Gasteiger partial charge on any atom is 0.312 e. The van der Waals surface area contributed by atoms with Crippen molar-refractivity contribution in [1.82, 2.24) is 19.9 Å². The first kappa shape index (κ1) is 31.7. The van der Waals surface area contributed by atoms with Crippen molar-refractivity contribution in [3.05, 3.63) is 160 Å². The van der Waals surface area contributed by atoms with Crippen LogP contribution in [-0.2, 0) is 22.0 Å². The smallest absolute Gasteiger partial charge is 0.312 e. The van der Waals surface area contributed by atoms with Crippen LogP contribution in [0.1, 0.15) is 63.7 Å². The SMILES string of the molecule is N#Cc1nc2c(nc1C#N)C(CC(=O)Oc1ccccc1)(CC1(Cc3ccccc3)c3ccccc3-c3nc(C#N)c(C#N)nc31)c1ccccc1-2. The first-order chi connectivity index (χ1) is 25.4. The highest BCUT2D eigenvalue weighted by atomic mass is 16.5. The zero-order chi connectivity index (χ0) is 35.9. The minimum atomic E-state index is -1.30. The lowest BCUT2D eigenvalue weighted by atomic mass is 9.61. The molecule has 2 aliphatic rings. The van der Waals surface area contributed by atoms with Crippen molar-refractivity contribution in [2.45, 2.75) is 30.1 Å². The molecular weight excluding hydrogens is 649 g/mol. The molecule has 2 atom stereocenters. The van der Waals surface area contributed by atoms with Crippen LogP contribution in [0.5, 0.6) is 5.75 Å². The standard InChI is InChI=1S/C42H24N8O2/c43-21-32-34(23-45)49-39-37(47-32)28-15-7-9-17-30(28)41(39,19-26-11-3-1-4-12-26)25-42(20-36(51)52-27-13-5-2-6-14-27)31-18-10-8-16-29(31)38-40(42)50-35(24-46)33(22-44)48-38/h1-18H,19-20,25H2. The van der Waals surface area contributed by atoms with Crippen molar-refractivity contribution >= 4 is 5.97 Å². The fraction of sp³-hybridized carbons (Fsp3) is 0.119. The largest absolute Gasteiger partial charge is 0.426 e. The monoisotopic (exact) mass is 672 g/mol. The maximum atomic E-state index is 14.3. The second kappa shape index (κ2) is 12.4. The van der Waals surface area contributed by atoms with Crippen LogP contribution in [0.2, 0.25) is 0 Å². The number of carbonyl (C=O) groups is 1. The number of nitrogens with zero attached hydrogens (tertiary/aromatic N) is 8. The van der Waals surface area contributed by atoms with E-state index in [1.807, 2.05) is 103 Å². The molecule has 52 heavy (non-hydrogen) atoms. The van der Waals surface area contributed by atoms with E-state index in [9.17, 15) is 25.8 Å². The average molecular weight is 673 g/mol. The van der Waals surface area contributed by atoms with Gasteiger partial charge < -0.3 is 4.74 Å². The van der Waals surface area contributed by atoms with Crippen LogP contribution in [0.15, 0.2) is 109 Å². The first-order valence-corrected chi connectivity index (χ1v) is 16.4. The van der Waals surface area contributed by atoms with E-state index in [1.54, 1.807) is 24.3 Å². The third kappa shape index (κ3) is 4.87. The summed E-state index contributed by atoms with van der Waals surface area (Å²) in [7, 11) is 0. The number of aromatic nitrogens is 4. The molecule has 0 amide bonds. The van der Waals surface area contributed by atoms with Crippen molar-refractivity contribution in [2.75, 3.05) is 0 Å². The molecule has 2 heterocycles. The summed E-state index contributed by atoms with van der Waals surface area (Å²) >= 11 is 0. The molecule has 0 radical (unpaired) electrons. The van der Waals surface area contributed by atoms with Crippen LogP contribution in [-0.4, -0.2) is 25.9 Å². The lowest BCUT2D eigenvalue weighted by molar-refractivity contribution is -0.135. The number of hydrogen-bond donors (Lipinski definition) is 0. The number of hydrogen-bond acceptors (Lipinski definition) is 10. The molecule has 0 N–H and O–H groups in total. The van der Waals surface area contributed by atoms with Crippen LogP contribution < -0.4 is 4.74 Å². The van der Waals surface area contributed by atoms with Gasteiger partial charge in [-0.25, -0.2) is 19.9 Å². The van der Waals surface area contributed by atoms with Crippen LogP contribution in [0.25, 0.3) is 22.5 Å². The molecule has 0 saturated carbocycles. The first-order valence-electron chi connectivity index (χ1n) is 16.4. The van der Waals surface area contributed by atoms with Crippen LogP contribution in [0.4, 0.5) is 0 Å². The Balaban J connectivity index is 1.45. The Bertz CT molecular complexity index is 2610. The van der Waals surface area contributed by atoms with Crippen LogP contribution in [0.3, 0.4) is 0 Å². The molecule has 0 aliphatic heterocycles. The molecule has 0 spiro atoms. The number of para-hydroxylation sites is 1. The molecule has 2 aromatic heterocycles. The Morgan fingerprint density at radius 1 is 0.558 bits per heavy atom. The second-order valence-corrected chi connectivity index (χ2v) is 12.7. The Hall–Kier alpha value is -7.53. The van der Waals surface area contributed by atoms with Gasteiger partial charge in [-0.05, 0) is 41.7 Å². The molecule has 2 unspecified atom stereocenters. The minimum absolute atomic E-state index is 0.0853. The molecular formula is C42H24N8O2. The molecule has 2 aliphatic carbocycles. The van der Waals surface area contributed by atoms with Crippen molar-refractivity contribution in [2.24, 2.45) is 0 Å². The van der Waals surface area contributed by atoms with Gasteiger partial charge in [0.1, 0.15) is 30.0 Å². The van der Waals surface area contributed by atoms with Crippen molar-refractivity contribution in [3.8, 4) is 52.5 Å². The van der Waals surface area contributed by atoms with Gasteiger partial charge >= 0.3 is 5.97 Å². The quantitative estimate of drug-likeness (QED) is 0.133. The lowest BCUT2D eigenvalue weighted by Crippen LogP contribution is -2.42. The molecule has 0 bridgehead atoms. The number of rotatable bonds is 7. The summed E-state index contributed by atoms with van der Waals surface area (Å²) < 4.78 is 5.94. The third-order valence-corrected chi connectivity index (χ3v) is 9.89. The summed E-state index contributed by atoms with van der Waals surface area (Å²) in [5.74, 6) is -0.189. The normalized spacial score (nSPS) is 17.2. The van der Waals surface area contributed by atoms with Gasteiger partial charge in [-0.3, -0.25) is 4.79 Å². The maximum absolute atomic E-state index is 14.3. The minimum Gasteiger partial charge on any atom is -0.426 e. The van der Waals surface area contributed by atoms with Crippen molar-refractivity contribution in [3.63, 3.8) is 0 Å². The van der Waals surface area contributed by atoms with E-state index >= 15 is 0 Å². The molecule has 4 aromatic carbocycles. The van der Waals surface area contributed by atoms with Gasteiger partial charge in [0.2, 0.25) is 0 Å². The number of carbonyl (C=O) groups excluding carboxylic acids is 1. The summed E-state index contributed by atoms with van der Waals surface area (Å²) in [6.07, 6.45) is 0.287. The van der Waals surface area contributed by atoms with E-state index in [0.29, 0.717) is 40.5 Å². The van der Waals surface area contributed by atoms with Crippen molar-refractivity contribution < 1.29 is 9.53 Å². The average Bonchev–Trinajstić information content (AvgIpc) is 3.59. The summed E-state index contributed by atoms with van der Waals surface area (Å²) in [5.41, 5.74) is 2.79. The zero-order valence-corrected chi connectivity index (χ0v) is 27.4. The Morgan fingerprint density at radius 2 is 1.00 bits per heavy atom. The Labute approximate surface area is 298 Å². The summed E-state index contributed by atoms with van der Waals surface area (Å²) in [4.78, 5) is 33.4. The van der Waals surface area contributed by atoms with Gasteiger partial charge in [0.25, 0.3) is 0 Å². The van der Waals surface area contributed by atoms with Gasteiger partial charge in [-0.15, -0.1) is 0 Å². The van der Waals surface area contributed by atoms with E-state index in [0.717, 1.165) is 22.3 Å². The van der Waals surface area contributed by atoms with E-state index in [-0.39, 0.29) is 35.6 Å². The molecule has 10 nitrogen and oxygen atoms in total. The summed E-state index contributed by atoms with van der Waals surface area (Å²) in [5, 5.41) is 40.3. The van der Waals surface area contributed by atoms with E-state index in [2.05, 4.69) is 11.1 Å².